The second kappa shape index (κ2) is 9.99. The van der Waals surface area contributed by atoms with Gasteiger partial charge in [0.1, 0.15) is 11.9 Å². The highest BCUT2D eigenvalue weighted by molar-refractivity contribution is 5.77. The standard InChI is InChI=1S/C25H26FNO2/c1-3-29-25(28)24(22-15-14-19(2)16-23(22)26)27(17-20-10-6-4-7-11-20)18-21-12-8-5-9-13-21/h4-16,24H,3,17-18H2,1-2H3. The van der Waals surface area contributed by atoms with Crippen LogP contribution in [0.25, 0.3) is 0 Å². The van der Waals surface area contributed by atoms with Gasteiger partial charge in [-0.15, -0.1) is 0 Å². The van der Waals surface area contributed by atoms with Crippen molar-refractivity contribution in [3.05, 3.63) is 107 Å². The molecular weight excluding hydrogens is 365 g/mol. The zero-order valence-electron chi connectivity index (χ0n) is 16.8. The molecule has 0 N–H and O–H groups in total. The lowest BCUT2D eigenvalue weighted by Crippen LogP contribution is -2.35. The van der Waals surface area contributed by atoms with E-state index in [0.717, 1.165) is 16.7 Å². The molecule has 0 saturated heterocycles. The Bertz CT molecular complexity index is 887. The highest BCUT2D eigenvalue weighted by Crippen LogP contribution is 2.29. The largest absolute Gasteiger partial charge is 0.465 e. The van der Waals surface area contributed by atoms with Gasteiger partial charge in [-0.3, -0.25) is 4.90 Å². The third-order valence-corrected chi connectivity index (χ3v) is 4.78. The maximum atomic E-state index is 14.9. The molecule has 0 saturated carbocycles. The summed E-state index contributed by atoms with van der Waals surface area (Å²) in [6, 6.07) is 23.9. The van der Waals surface area contributed by atoms with Gasteiger partial charge in [-0.05, 0) is 36.6 Å². The summed E-state index contributed by atoms with van der Waals surface area (Å²) < 4.78 is 20.3. The number of carbonyl (C=O) groups is 1. The van der Waals surface area contributed by atoms with E-state index in [0.29, 0.717) is 18.7 Å². The number of hydrogen-bond acceptors (Lipinski definition) is 3. The Morgan fingerprint density at radius 3 is 1.97 bits per heavy atom. The number of benzene rings is 3. The van der Waals surface area contributed by atoms with E-state index in [1.807, 2.05) is 78.6 Å². The molecule has 0 aliphatic rings. The predicted octanol–water partition coefficient (Wildman–Crippen LogP) is 5.44. The van der Waals surface area contributed by atoms with Crippen molar-refractivity contribution < 1.29 is 13.9 Å². The Morgan fingerprint density at radius 1 is 0.931 bits per heavy atom. The second-order valence-corrected chi connectivity index (χ2v) is 7.06. The number of aryl methyl sites for hydroxylation is 1. The normalized spacial score (nSPS) is 12.0. The molecule has 1 unspecified atom stereocenters. The molecule has 0 aromatic heterocycles. The Labute approximate surface area is 171 Å². The van der Waals surface area contributed by atoms with Crippen molar-refractivity contribution in [2.45, 2.75) is 33.0 Å². The molecule has 0 bridgehead atoms. The summed E-state index contributed by atoms with van der Waals surface area (Å²) in [6.45, 7) is 4.82. The molecule has 0 fully saturated rings. The lowest BCUT2D eigenvalue weighted by atomic mass is 10.0. The van der Waals surface area contributed by atoms with Crippen LogP contribution < -0.4 is 0 Å². The first kappa shape index (κ1) is 20.7. The van der Waals surface area contributed by atoms with Gasteiger partial charge >= 0.3 is 5.97 Å². The fraction of sp³-hybridized carbons (Fsp3) is 0.240. The van der Waals surface area contributed by atoms with Crippen molar-refractivity contribution in [2.75, 3.05) is 6.61 Å². The number of nitrogens with zero attached hydrogens (tertiary/aromatic N) is 1. The first-order valence-electron chi connectivity index (χ1n) is 9.83. The summed E-state index contributed by atoms with van der Waals surface area (Å²) >= 11 is 0. The van der Waals surface area contributed by atoms with Crippen molar-refractivity contribution in [3.8, 4) is 0 Å². The van der Waals surface area contributed by atoms with Gasteiger partial charge in [0.25, 0.3) is 0 Å². The maximum Gasteiger partial charge on any atom is 0.328 e. The van der Waals surface area contributed by atoms with E-state index >= 15 is 0 Å². The highest BCUT2D eigenvalue weighted by atomic mass is 19.1. The van der Waals surface area contributed by atoms with Crippen LogP contribution in [0.15, 0.2) is 78.9 Å². The van der Waals surface area contributed by atoms with Crippen LogP contribution in [0.3, 0.4) is 0 Å². The van der Waals surface area contributed by atoms with Crippen molar-refractivity contribution >= 4 is 5.97 Å². The van der Waals surface area contributed by atoms with Crippen LogP contribution in [0.5, 0.6) is 0 Å². The van der Waals surface area contributed by atoms with Crippen LogP contribution >= 0.6 is 0 Å². The summed E-state index contributed by atoms with van der Waals surface area (Å²) in [5, 5.41) is 0. The molecule has 0 amide bonds. The van der Waals surface area contributed by atoms with Crippen molar-refractivity contribution in [3.63, 3.8) is 0 Å². The summed E-state index contributed by atoms with van der Waals surface area (Å²) in [7, 11) is 0. The minimum atomic E-state index is -0.837. The minimum Gasteiger partial charge on any atom is -0.465 e. The molecule has 3 aromatic carbocycles. The zero-order chi connectivity index (χ0) is 20.6. The molecule has 0 spiro atoms. The fourth-order valence-corrected chi connectivity index (χ4v) is 3.42. The molecule has 0 aliphatic heterocycles. The molecule has 0 aliphatic carbocycles. The number of halogens is 1. The topological polar surface area (TPSA) is 29.5 Å². The van der Waals surface area contributed by atoms with Gasteiger partial charge in [0.2, 0.25) is 0 Å². The first-order valence-corrected chi connectivity index (χ1v) is 9.83. The van der Waals surface area contributed by atoms with Crippen LogP contribution in [0, 0.1) is 12.7 Å². The highest BCUT2D eigenvalue weighted by Gasteiger charge is 2.31. The van der Waals surface area contributed by atoms with Crippen LogP contribution in [-0.2, 0) is 22.6 Å². The molecule has 150 valence electrons. The van der Waals surface area contributed by atoms with Gasteiger partial charge in [-0.2, -0.15) is 0 Å². The molecule has 29 heavy (non-hydrogen) atoms. The second-order valence-electron chi connectivity index (χ2n) is 7.06. The Balaban J connectivity index is 2.03. The minimum absolute atomic E-state index is 0.243. The number of carbonyl (C=O) groups excluding carboxylic acids is 1. The molecule has 3 nitrogen and oxygen atoms in total. The van der Waals surface area contributed by atoms with Gasteiger partial charge in [0.15, 0.2) is 0 Å². The van der Waals surface area contributed by atoms with Crippen molar-refractivity contribution in [1.29, 1.82) is 0 Å². The average molecular weight is 391 g/mol. The van der Waals surface area contributed by atoms with Crippen LogP contribution in [0.4, 0.5) is 4.39 Å². The van der Waals surface area contributed by atoms with Gasteiger partial charge in [0.05, 0.1) is 6.61 Å². The van der Waals surface area contributed by atoms with E-state index in [9.17, 15) is 9.18 Å². The molecular formula is C25H26FNO2. The molecule has 1 atom stereocenters. The van der Waals surface area contributed by atoms with Gasteiger partial charge in [-0.1, -0.05) is 72.8 Å². The van der Waals surface area contributed by atoms with E-state index in [2.05, 4.69) is 0 Å². The number of ether oxygens (including phenoxy) is 1. The lowest BCUT2D eigenvalue weighted by molar-refractivity contribution is -0.150. The van der Waals surface area contributed by atoms with Crippen LogP contribution in [0.2, 0.25) is 0 Å². The zero-order valence-corrected chi connectivity index (χ0v) is 16.8. The number of rotatable bonds is 8. The summed E-state index contributed by atoms with van der Waals surface area (Å²) in [5.41, 5.74) is 3.24. The van der Waals surface area contributed by atoms with Crippen molar-refractivity contribution in [1.82, 2.24) is 4.90 Å². The van der Waals surface area contributed by atoms with Gasteiger partial charge in [0, 0.05) is 18.7 Å². The SMILES string of the molecule is CCOC(=O)C(c1ccc(C)cc1F)N(Cc1ccccc1)Cc1ccccc1. The molecule has 4 heteroatoms. The average Bonchev–Trinajstić information content (AvgIpc) is 2.71. The fourth-order valence-electron chi connectivity index (χ4n) is 3.42. The van der Waals surface area contributed by atoms with E-state index < -0.39 is 17.8 Å². The van der Waals surface area contributed by atoms with Gasteiger partial charge < -0.3 is 4.74 Å². The number of hydrogen-bond donors (Lipinski definition) is 0. The molecule has 0 radical (unpaired) electrons. The molecule has 0 heterocycles. The maximum absolute atomic E-state index is 14.9. The van der Waals surface area contributed by atoms with E-state index in [4.69, 9.17) is 4.74 Å². The Kier molecular flexibility index (Phi) is 7.14. The van der Waals surface area contributed by atoms with Crippen LogP contribution in [0.1, 0.15) is 35.2 Å². The summed E-state index contributed by atoms with van der Waals surface area (Å²) in [4.78, 5) is 14.9. The quantitative estimate of drug-likeness (QED) is 0.479. The third kappa shape index (κ3) is 5.52. The van der Waals surface area contributed by atoms with Gasteiger partial charge in [-0.25, -0.2) is 9.18 Å². The Hall–Kier alpha value is -2.98. The summed E-state index contributed by atoms with van der Waals surface area (Å²) in [6.07, 6.45) is 0. The first-order chi connectivity index (χ1) is 14.1. The molecule has 3 rings (SSSR count). The van der Waals surface area contributed by atoms with E-state index in [-0.39, 0.29) is 6.61 Å². The Morgan fingerprint density at radius 2 is 1.48 bits per heavy atom. The predicted molar refractivity (Wildman–Crippen MR) is 113 cm³/mol. The third-order valence-electron chi connectivity index (χ3n) is 4.78. The van der Waals surface area contributed by atoms with Crippen LogP contribution in [-0.4, -0.2) is 17.5 Å². The number of esters is 1. The smallest absolute Gasteiger partial charge is 0.328 e. The summed E-state index contributed by atoms with van der Waals surface area (Å²) in [5.74, 6) is -0.837. The monoisotopic (exact) mass is 391 g/mol. The lowest BCUT2D eigenvalue weighted by Gasteiger charge is -2.31. The van der Waals surface area contributed by atoms with E-state index in [1.54, 1.807) is 13.0 Å². The van der Waals surface area contributed by atoms with E-state index in [1.165, 1.54) is 6.07 Å². The van der Waals surface area contributed by atoms with Crippen molar-refractivity contribution in [2.24, 2.45) is 0 Å². The molecule has 3 aromatic rings.